The number of nitrogens with zero attached hydrogens (tertiary/aromatic N) is 3. The van der Waals surface area contributed by atoms with Gasteiger partial charge in [-0.05, 0) is 0 Å². The number of ether oxygens (including phenoxy) is 1. The van der Waals surface area contributed by atoms with E-state index in [1.54, 1.807) is 0 Å². The van der Waals surface area contributed by atoms with Gasteiger partial charge in [-0.25, -0.2) is 9.55 Å². The third-order valence-electron chi connectivity index (χ3n) is 3.37. The molecule has 3 rings (SSSR count). The van der Waals surface area contributed by atoms with Crippen LogP contribution in [0, 0.1) is 0 Å². The zero-order chi connectivity index (χ0) is 16.8. The van der Waals surface area contributed by atoms with Gasteiger partial charge in [-0.1, -0.05) is 0 Å². The van der Waals surface area contributed by atoms with Gasteiger partial charge in [0.05, 0.1) is 19.0 Å². The Labute approximate surface area is 128 Å². The molecule has 126 valence electrons. The van der Waals surface area contributed by atoms with Gasteiger partial charge < -0.3 is 25.4 Å². The van der Waals surface area contributed by atoms with Gasteiger partial charge in [0, 0.05) is 6.42 Å². The summed E-state index contributed by atoms with van der Waals surface area (Å²) in [5.74, 6) is -0.0934. The largest absolute Gasteiger partial charge is 0.469 e. The summed E-state index contributed by atoms with van der Waals surface area (Å²) in [7, 11) is -4.66. The number of nitrogen functional groups attached to an aromatic ring is 1. The minimum Gasteiger partial charge on any atom is -0.390 e. The second-order valence-corrected chi connectivity index (χ2v) is 6.23. The number of H-pyrrole nitrogens is 1. The first-order valence-corrected chi connectivity index (χ1v) is 8.03. The monoisotopic (exact) mass is 347 g/mol. The van der Waals surface area contributed by atoms with Crippen molar-refractivity contribution in [3.63, 3.8) is 0 Å². The maximum Gasteiger partial charge on any atom is 0.469 e. The van der Waals surface area contributed by atoms with E-state index in [0.717, 1.165) is 0 Å². The standard InChI is InChI=1S/C10H14N5O7P/c11-10-13-8-7(9(17)14-10)12-3-15(8)6-1-4(16)5(22-6)2-21-23(18,19)20/h3-6,16H,1-2H2,(H2,18,19,20)(H3,11,13,14,17)/t4-,5+,6-/m1/s1. The molecule has 6 N–H and O–H groups in total. The molecule has 1 aliphatic rings. The van der Waals surface area contributed by atoms with Crippen molar-refractivity contribution < 1.29 is 28.7 Å². The number of imidazole rings is 1. The molecule has 1 saturated heterocycles. The van der Waals surface area contributed by atoms with Crippen LogP contribution in [0.4, 0.5) is 5.95 Å². The lowest BCUT2D eigenvalue weighted by Gasteiger charge is -2.16. The number of nitrogens with one attached hydrogen (secondary N) is 1. The highest BCUT2D eigenvalue weighted by Gasteiger charge is 2.37. The molecule has 0 amide bonds. The van der Waals surface area contributed by atoms with E-state index in [2.05, 4.69) is 19.5 Å². The highest BCUT2D eigenvalue weighted by Crippen LogP contribution is 2.38. The maximum atomic E-state index is 11.7. The van der Waals surface area contributed by atoms with E-state index in [-0.39, 0.29) is 23.5 Å². The smallest absolute Gasteiger partial charge is 0.390 e. The molecule has 1 fully saturated rings. The molecule has 2 aromatic rings. The van der Waals surface area contributed by atoms with E-state index < -0.39 is 38.4 Å². The zero-order valence-corrected chi connectivity index (χ0v) is 12.5. The molecule has 0 bridgehead atoms. The molecule has 0 aliphatic carbocycles. The Morgan fingerprint density at radius 2 is 2.30 bits per heavy atom. The first-order valence-electron chi connectivity index (χ1n) is 6.50. The molecule has 23 heavy (non-hydrogen) atoms. The lowest BCUT2D eigenvalue weighted by molar-refractivity contribution is -0.0424. The second-order valence-electron chi connectivity index (χ2n) is 4.99. The van der Waals surface area contributed by atoms with Crippen LogP contribution in [0.3, 0.4) is 0 Å². The summed E-state index contributed by atoms with van der Waals surface area (Å²) in [5, 5.41) is 9.93. The molecule has 12 nitrogen and oxygen atoms in total. The van der Waals surface area contributed by atoms with Crippen LogP contribution in [0.5, 0.6) is 0 Å². The fourth-order valence-electron chi connectivity index (χ4n) is 2.36. The number of phosphoric acid groups is 1. The Hall–Kier alpha value is -1.82. The molecule has 0 saturated carbocycles. The average molecular weight is 347 g/mol. The number of nitrogens with two attached hydrogens (primary N) is 1. The quantitative estimate of drug-likeness (QED) is 0.406. The number of aliphatic hydroxyl groups is 1. The predicted octanol–water partition coefficient (Wildman–Crippen LogP) is -1.54. The lowest BCUT2D eigenvalue weighted by Crippen LogP contribution is -2.25. The van der Waals surface area contributed by atoms with Crippen LogP contribution in [0.15, 0.2) is 11.1 Å². The second kappa shape index (κ2) is 5.67. The fraction of sp³-hybridized carbons (Fsp3) is 0.500. The molecule has 3 atom stereocenters. The summed E-state index contributed by atoms with van der Waals surface area (Å²) in [6, 6.07) is 0. The molecule has 0 unspecified atom stereocenters. The van der Waals surface area contributed by atoms with E-state index in [9.17, 15) is 14.5 Å². The topological polar surface area (TPSA) is 186 Å². The maximum absolute atomic E-state index is 11.7. The Bertz CT molecular complexity index is 829. The minimum absolute atomic E-state index is 0.0622. The summed E-state index contributed by atoms with van der Waals surface area (Å²) in [4.78, 5) is 39.3. The Morgan fingerprint density at radius 3 is 3.00 bits per heavy atom. The van der Waals surface area contributed by atoms with Crippen molar-refractivity contribution in [1.29, 1.82) is 0 Å². The number of rotatable bonds is 4. The molecular weight excluding hydrogens is 333 g/mol. The van der Waals surface area contributed by atoms with Crippen molar-refractivity contribution in [1.82, 2.24) is 19.5 Å². The van der Waals surface area contributed by atoms with Crippen molar-refractivity contribution in [2.75, 3.05) is 12.3 Å². The van der Waals surface area contributed by atoms with E-state index in [1.165, 1.54) is 10.9 Å². The number of aromatic amines is 1. The molecule has 0 aromatic carbocycles. The molecule has 0 radical (unpaired) electrons. The van der Waals surface area contributed by atoms with E-state index in [0.29, 0.717) is 0 Å². The Morgan fingerprint density at radius 1 is 1.57 bits per heavy atom. The van der Waals surface area contributed by atoms with E-state index in [4.69, 9.17) is 20.3 Å². The fourth-order valence-corrected chi connectivity index (χ4v) is 2.70. The number of anilines is 1. The molecular formula is C10H14N5O7P. The van der Waals surface area contributed by atoms with Crippen molar-refractivity contribution in [3.05, 3.63) is 16.7 Å². The van der Waals surface area contributed by atoms with E-state index >= 15 is 0 Å². The van der Waals surface area contributed by atoms with Crippen molar-refractivity contribution >= 4 is 24.9 Å². The minimum atomic E-state index is -4.66. The van der Waals surface area contributed by atoms with Crippen LogP contribution < -0.4 is 11.3 Å². The van der Waals surface area contributed by atoms with Gasteiger partial charge in [-0.3, -0.25) is 18.9 Å². The Balaban J connectivity index is 1.84. The van der Waals surface area contributed by atoms with Crippen LogP contribution in [0.25, 0.3) is 11.2 Å². The Kier molecular flexibility index (Phi) is 3.96. The number of fused-ring (bicyclic) bond motifs is 1. The predicted molar refractivity (Wildman–Crippen MR) is 75.1 cm³/mol. The number of hydrogen-bond donors (Lipinski definition) is 5. The summed E-state index contributed by atoms with van der Waals surface area (Å²) in [6.45, 7) is -0.481. The van der Waals surface area contributed by atoms with Crippen LogP contribution in [0.1, 0.15) is 12.6 Å². The van der Waals surface area contributed by atoms with Gasteiger partial charge in [-0.2, -0.15) is 4.98 Å². The van der Waals surface area contributed by atoms with E-state index in [1.807, 2.05) is 0 Å². The summed E-state index contributed by atoms with van der Waals surface area (Å²) in [6.07, 6.45) is -1.26. The molecule has 1 aliphatic heterocycles. The molecule has 3 heterocycles. The third kappa shape index (κ3) is 3.27. The zero-order valence-electron chi connectivity index (χ0n) is 11.6. The molecule has 2 aromatic heterocycles. The highest BCUT2D eigenvalue weighted by atomic mass is 31.2. The van der Waals surface area contributed by atoms with Gasteiger partial charge in [0.1, 0.15) is 12.3 Å². The summed E-state index contributed by atoms with van der Waals surface area (Å²) >= 11 is 0. The first-order chi connectivity index (χ1) is 10.7. The van der Waals surface area contributed by atoms with Crippen LogP contribution in [-0.4, -0.2) is 53.2 Å². The van der Waals surface area contributed by atoms with Crippen molar-refractivity contribution in [3.8, 4) is 0 Å². The van der Waals surface area contributed by atoms with Gasteiger partial charge in [-0.15, -0.1) is 0 Å². The SMILES string of the molecule is Nc1nc2c(ncn2[C@H]2C[C@@H](O)[C@H](COP(=O)(O)O)O2)c(=O)[nH]1. The van der Waals surface area contributed by atoms with Crippen molar-refractivity contribution in [2.45, 2.75) is 24.9 Å². The lowest BCUT2D eigenvalue weighted by atomic mass is 10.2. The summed E-state index contributed by atoms with van der Waals surface area (Å²) < 4.78 is 22.0. The third-order valence-corrected chi connectivity index (χ3v) is 3.86. The highest BCUT2D eigenvalue weighted by molar-refractivity contribution is 7.46. The first kappa shape index (κ1) is 16.1. The number of phosphoric ester groups is 1. The van der Waals surface area contributed by atoms with Crippen molar-refractivity contribution in [2.24, 2.45) is 0 Å². The van der Waals surface area contributed by atoms with Gasteiger partial charge >= 0.3 is 7.82 Å². The summed E-state index contributed by atoms with van der Waals surface area (Å²) in [5.41, 5.74) is 5.23. The van der Waals surface area contributed by atoms with Gasteiger partial charge in [0.15, 0.2) is 11.2 Å². The number of hydrogen-bond acceptors (Lipinski definition) is 8. The van der Waals surface area contributed by atoms with Crippen LogP contribution >= 0.6 is 7.82 Å². The number of aromatic nitrogens is 4. The van der Waals surface area contributed by atoms with Gasteiger partial charge in [0.25, 0.3) is 5.56 Å². The normalized spacial score (nSPS) is 25.3. The van der Waals surface area contributed by atoms with Crippen LogP contribution in [0.2, 0.25) is 0 Å². The molecule has 13 heteroatoms. The van der Waals surface area contributed by atoms with Crippen LogP contribution in [-0.2, 0) is 13.8 Å². The van der Waals surface area contributed by atoms with Gasteiger partial charge in [0.2, 0.25) is 5.95 Å². The molecule has 0 spiro atoms. The average Bonchev–Trinajstić information content (AvgIpc) is 2.99. The number of aliphatic hydroxyl groups excluding tert-OH is 1.